The molecule has 21 heavy (non-hydrogen) atoms. The number of ether oxygens (including phenoxy) is 1. The van der Waals surface area contributed by atoms with Gasteiger partial charge in [-0.05, 0) is 44.4 Å². The number of fused-ring (bicyclic) bond motifs is 1. The van der Waals surface area contributed by atoms with Crippen molar-refractivity contribution in [1.82, 2.24) is 14.9 Å². The second-order valence-corrected chi connectivity index (χ2v) is 6.73. The molecule has 0 radical (unpaired) electrons. The van der Waals surface area contributed by atoms with Crippen molar-refractivity contribution < 1.29 is 4.74 Å². The molecule has 1 aliphatic heterocycles. The largest absolute Gasteiger partial charge is 0.497 e. The molecule has 0 amide bonds. The van der Waals surface area contributed by atoms with Crippen LogP contribution in [-0.2, 0) is 5.41 Å². The van der Waals surface area contributed by atoms with Crippen LogP contribution in [0.1, 0.15) is 44.5 Å². The Kier molecular flexibility index (Phi) is 2.96. The molecule has 1 aromatic heterocycles. The van der Waals surface area contributed by atoms with Gasteiger partial charge in [0.2, 0.25) is 0 Å². The van der Waals surface area contributed by atoms with E-state index >= 15 is 0 Å². The van der Waals surface area contributed by atoms with E-state index in [1.165, 1.54) is 37.0 Å². The topological polar surface area (TPSA) is 39.1 Å². The molecule has 2 aromatic rings. The number of imidazole rings is 1. The number of piperidine rings is 1. The molecule has 112 valence electrons. The molecule has 0 bridgehead atoms. The van der Waals surface area contributed by atoms with E-state index in [1.54, 1.807) is 7.11 Å². The van der Waals surface area contributed by atoms with Gasteiger partial charge in [0.15, 0.2) is 0 Å². The molecule has 1 saturated heterocycles. The smallest absolute Gasteiger partial charge is 0.121 e. The highest BCUT2D eigenvalue weighted by Gasteiger charge is 2.38. The van der Waals surface area contributed by atoms with Gasteiger partial charge in [-0.1, -0.05) is 6.92 Å². The summed E-state index contributed by atoms with van der Waals surface area (Å²) in [4.78, 5) is 5.02. The maximum absolute atomic E-state index is 5.36. The number of nitrogens with one attached hydrogen (secondary N) is 1. The van der Waals surface area contributed by atoms with E-state index in [4.69, 9.17) is 9.72 Å². The number of nitrogens with zero attached hydrogens (tertiary/aromatic N) is 2. The summed E-state index contributed by atoms with van der Waals surface area (Å²) in [6.07, 6.45) is 5.02. The van der Waals surface area contributed by atoms with Crippen LogP contribution in [-0.4, -0.2) is 29.8 Å². The molecule has 2 fully saturated rings. The third kappa shape index (κ3) is 2.13. The summed E-state index contributed by atoms with van der Waals surface area (Å²) in [5.74, 6) is 2.15. The normalized spacial score (nSPS) is 26.2. The van der Waals surface area contributed by atoms with Crippen LogP contribution in [0.5, 0.6) is 5.75 Å². The van der Waals surface area contributed by atoms with Gasteiger partial charge in [-0.3, -0.25) is 0 Å². The Morgan fingerprint density at radius 3 is 2.90 bits per heavy atom. The molecular formula is C17H23N3O. The SMILES string of the molecule is COc1ccc2c(c1)nc(C1(C)CCCNC1)n2C1CC1. The third-order valence-corrected chi connectivity index (χ3v) is 4.95. The highest BCUT2D eigenvalue weighted by atomic mass is 16.5. The fourth-order valence-corrected chi connectivity index (χ4v) is 3.58. The van der Waals surface area contributed by atoms with Gasteiger partial charge in [-0.25, -0.2) is 4.98 Å². The molecule has 4 heteroatoms. The van der Waals surface area contributed by atoms with Crippen LogP contribution < -0.4 is 10.1 Å². The lowest BCUT2D eigenvalue weighted by molar-refractivity contribution is 0.314. The summed E-state index contributed by atoms with van der Waals surface area (Å²) in [7, 11) is 1.71. The van der Waals surface area contributed by atoms with Gasteiger partial charge in [0.1, 0.15) is 11.6 Å². The first kappa shape index (κ1) is 13.1. The van der Waals surface area contributed by atoms with Gasteiger partial charge in [0.25, 0.3) is 0 Å². The van der Waals surface area contributed by atoms with E-state index in [0.717, 1.165) is 24.4 Å². The summed E-state index contributed by atoms with van der Waals surface area (Å²) >= 11 is 0. The predicted octanol–water partition coefficient (Wildman–Crippen LogP) is 3.02. The van der Waals surface area contributed by atoms with Crippen molar-refractivity contribution >= 4 is 11.0 Å². The summed E-state index contributed by atoms with van der Waals surface area (Å²) in [5.41, 5.74) is 2.48. The van der Waals surface area contributed by atoms with E-state index in [-0.39, 0.29) is 5.41 Å². The van der Waals surface area contributed by atoms with Crippen molar-refractivity contribution in [2.24, 2.45) is 0 Å². The van der Waals surface area contributed by atoms with Gasteiger partial charge in [0.05, 0.1) is 18.1 Å². The number of methoxy groups -OCH3 is 1. The molecule has 1 atom stereocenters. The van der Waals surface area contributed by atoms with Crippen LogP contribution in [0.2, 0.25) is 0 Å². The Hall–Kier alpha value is -1.55. The molecule has 1 N–H and O–H groups in total. The van der Waals surface area contributed by atoms with E-state index in [2.05, 4.69) is 28.9 Å². The lowest BCUT2D eigenvalue weighted by atomic mass is 9.82. The fraction of sp³-hybridized carbons (Fsp3) is 0.588. The Morgan fingerprint density at radius 1 is 1.38 bits per heavy atom. The summed E-state index contributed by atoms with van der Waals surface area (Å²) in [6.45, 7) is 4.52. The maximum atomic E-state index is 5.36. The highest BCUT2D eigenvalue weighted by molar-refractivity contribution is 5.78. The minimum atomic E-state index is 0.146. The van der Waals surface area contributed by atoms with Crippen molar-refractivity contribution in [3.8, 4) is 5.75 Å². The Morgan fingerprint density at radius 2 is 2.24 bits per heavy atom. The standard InChI is InChI=1S/C17H23N3O/c1-17(8-3-9-18-11-17)16-19-14-10-13(21-2)6-7-15(14)20(16)12-4-5-12/h6-7,10,12,18H,3-5,8-9,11H2,1-2H3. The minimum Gasteiger partial charge on any atom is -0.497 e. The van der Waals surface area contributed by atoms with Crippen LogP contribution >= 0.6 is 0 Å². The molecule has 2 heterocycles. The first-order valence-electron chi connectivity index (χ1n) is 7.98. The van der Waals surface area contributed by atoms with Crippen molar-refractivity contribution in [2.45, 2.75) is 44.1 Å². The van der Waals surface area contributed by atoms with E-state index in [0.29, 0.717) is 6.04 Å². The van der Waals surface area contributed by atoms with E-state index < -0.39 is 0 Å². The third-order valence-electron chi connectivity index (χ3n) is 4.95. The molecule has 1 unspecified atom stereocenters. The van der Waals surface area contributed by atoms with Gasteiger partial charge < -0.3 is 14.6 Å². The van der Waals surface area contributed by atoms with Crippen LogP contribution in [0.4, 0.5) is 0 Å². The number of benzene rings is 1. The zero-order chi connectivity index (χ0) is 14.4. The zero-order valence-electron chi connectivity index (χ0n) is 12.9. The lowest BCUT2D eigenvalue weighted by Crippen LogP contribution is -2.42. The quantitative estimate of drug-likeness (QED) is 0.942. The van der Waals surface area contributed by atoms with Crippen LogP contribution in [0.25, 0.3) is 11.0 Å². The number of aromatic nitrogens is 2. The van der Waals surface area contributed by atoms with Crippen molar-refractivity contribution in [3.63, 3.8) is 0 Å². The molecule has 1 saturated carbocycles. The first-order valence-corrected chi connectivity index (χ1v) is 7.98. The molecule has 0 spiro atoms. The van der Waals surface area contributed by atoms with Gasteiger partial charge in [0, 0.05) is 24.1 Å². The van der Waals surface area contributed by atoms with Crippen LogP contribution in [0.15, 0.2) is 18.2 Å². The molecule has 4 rings (SSSR count). The van der Waals surface area contributed by atoms with Crippen molar-refractivity contribution in [2.75, 3.05) is 20.2 Å². The summed E-state index contributed by atoms with van der Waals surface area (Å²) < 4.78 is 7.86. The minimum absolute atomic E-state index is 0.146. The van der Waals surface area contributed by atoms with Crippen molar-refractivity contribution in [1.29, 1.82) is 0 Å². The van der Waals surface area contributed by atoms with Gasteiger partial charge in [-0.15, -0.1) is 0 Å². The number of hydrogen-bond acceptors (Lipinski definition) is 3. The second-order valence-electron chi connectivity index (χ2n) is 6.73. The number of rotatable bonds is 3. The van der Waals surface area contributed by atoms with Crippen molar-refractivity contribution in [3.05, 3.63) is 24.0 Å². The Labute approximate surface area is 125 Å². The Bertz CT molecular complexity index is 666. The van der Waals surface area contributed by atoms with Crippen LogP contribution in [0, 0.1) is 0 Å². The highest BCUT2D eigenvalue weighted by Crippen LogP contribution is 2.43. The maximum Gasteiger partial charge on any atom is 0.121 e. The molecule has 4 nitrogen and oxygen atoms in total. The predicted molar refractivity (Wildman–Crippen MR) is 84.0 cm³/mol. The first-order chi connectivity index (χ1) is 10.2. The van der Waals surface area contributed by atoms with Gasteiger partial charge >= 0.3 is 0 Å². The Balaban J connectivity index is 1.88. The molecule has 1 aliphatic carbocycles. The lowest BCUT2D eigenvalue weighted by Gasteiger charge is -2.34. The average Bonchev–Trinajstić information content (AvgIpc) is 3.27. The molecule has 2 aliphatic rings. The van der Waals surface area contributed by atoms with E-state index in [1.807, 2.05) is 6.07 Å². The average molecular weight is 285 g/mol. The second kappa shape index (κ2) is 4.73. The fourth-order valence-electron chi connectivity index (χ4n) is 3.58. The summed E-state index contributed by atoms with van der Waals surface area (Å²) in [6, 6.07) is 6.94. The monoisotopic (exact) mass is 285 g/mol. The van der Waals surface area contributed by atoms with Gasteiger partial charge in [-0.2, -0.15) is 0 Å². The van der Waals surface area contributed by atoms with E-state index in [9.17, 15) is 0 Å². The zero-order valence-corrected chi connectivity index (χ0v) is 12.9. The summed E-state index contributed by atoms with van der Waals surface area (Å²) in [5, 5.41) is 3.55. The molecular weight excluding hydrogens is 262 g/mol. The number of hydrogen-bond donors (Lipinski definition) is 1. The molecule has 1 aromatic carbocycles. The van der Waals surface area contributed by atoms with Crippen LogP contribution in [0.3, 0.4) is 0 Å².